The van der Waals surface area contributed by atoms with Crippen molar-refractivity contribution in [3.05, 3.63) is 54.1 Å². The number of carbonyl (C=O) groups excluding carboxylic acids is 1. The first kappa shape index (κ1) is 15.9. The first-order chi connectivity index (χ1) is 10.5. The lowest BCUT2D eigenvalue weighted by atomic mass is 10.1. The quantitative estimate of drug-likeness (QED) is 0.885. The van der Waals surface area contributed by atoms with Gasteiger partial charge in [0.1, 0.15) is 5.75 Å². The molecule has 0 saturated carbocycles. The van der Waals surface area contributed by atoms with Crippen LogP contribution in [-0.2, 0) is 11.3 Å². The zero-order valence-electron chi connectivity index (χ0n) is 12.7. The van der Waals surface area contributed by atoms with Crippen LogP contribution in [0.5, 0.6) is 11.5 Å². The summed E-state index contributed by atoms with van der Waals surface area (Å²) >= 11 is 0. The molecule has 5 heteroatoms. The highest BCUT2D eigenvalue weighted by atomic mass is 19.1. The van der Waals surface area contributed by atoms with E-state index in [2.05, 4.69) is 10.3 Å². The van der Waals surface area contributed by atoms with Gasteiger partial charge in [-0.2, -0.15) is 0 Å². The van der Waals surface area contributed by atoms with Crippen molar-refractivity contribution in [1.29, 1.82) is 0 Å². The zero-order valence-corrected chi connectivity index (χ0v) is 12.7. The van der Waals surface area contributed by atoms with Crippen LogP contribution in [0.2, 0.25) is 0 Å². The van der Waals surface area contributed by atoms with Crippen LogP contribution in [0.4, 0.5) is 4.39 Å². The Kier molecular flexibility index (Phi) is 5.47. The molecule has 0 atom stereocenters. The van der Waals surface area contributed by atoms with Gasteiger partial charge in [0, 0.05) is 19.2 Å². The Bertz CT molecular complexity index is 630. The summed E-state index contributed by atoms with van der Waals surface area (Å²) in [5, 5.41) is 2.77. The molecule has 0 aliphatic heterocycles. The topological polar surface area (TPSA) is 51.2 Å². The van der Waals surface area contributed by atoms with Crippen molar-refractivity contribution >= 4 is 5.91 Å². The summed E-state index contributed by atoms with van der Waals surface area (Å²) in [6.07, 6.45) is 3.59. The van der Waals surface area contributed by atoms with Gasteiger partial charge in [-0.05, 0) is 35.7 Å². The van der Waals surface area contributed by atoms with E-state index in [4.69, 9.17) is 4.74 Å². The van der Waals surface area contributed by atoms with Gasteiger partial charge in [-0.15, -0.1) is 0 Å². The number of aromatic nitrogens is 1. The average molecular weight is 302 g/mol. The molecule has 22 heavy (non-hydrogen) atoms. The van der Waals surface area contributed by atoms with Crippen molar-refractivity contribution in [3.63, 3.8) is 0 Å². The predicted octanol–water partition coefficient (Wildman–Crippen LogP) is 3.68. The van der Waals surface area contributed by atoms with Crippen LogP contribution in [0, 0.1) is 11.7 Å². The average Bonchev–Trinajstić information content (AvgIpc) is 2.48. The molecule has 1 N–H and O–H groups in total. The highest BCUT2D eigenvalue weighted by Gasteiger charge is 2.08. The fourth-order valence-corrected chi connectivity index (χ4v) is 1.92. The number of amides is 1. The van der Waals surface area contributed by atoms with Gasteiger partial charge in [-0.1, -0.05) is 19.9 Å². The molecule has 116 valence electrons. The number of rotatable bonds is 6. The lowest BCUT2D eigenvalue weighted by Gasteiger charge is -2.10. The lowest BCUT2D eigenvalue weighted by Crippen LogP contribution is -2.23. The summed E-state index contributed by atoms with van der Waals surface area (Å²) in [7, 11) is 0. The monoisotopic (exact) mass is 302 g/mol. The van der Waals surface area contributed by atoms with Crippen molar-refractivity contribution in [2.24, 2.45) is 5.92 Å². The van der Waals surface area contributed by atoms with Gasteiger partial charge in [0.15, 0.2) is 11.6 Å². The van der Waals surface area contributed by atoms with Gasteiger partial charge in [-0.25, -0.2) is 4.39 Å². The van der Waals surface area contributed by atoms with Gasteiger partial charge in [0.05, 0.1) is 6.20 Å². The van der Waals surface area contributed by atoms with E-state index in [1.54, 1.807) is 30.5 Å². The van der Waals surface area contributed by atoms with Crippen LogP contribution >= 0.6 is 0 Å². The Morgan fingerprint density at radius 2 is 2.18 bits per heavy atom. The van der Waals surface area contributed by atoms with E-state index < -0.39 is 5.82 Å². The van der Waals surface area contributed by atoms with Crippen molar-refractivity contribution in [2.45, 2.75) is 26.8 Å². The normalized spacial score (nSPS) is 10.5. The third-order valence-electron chi connectivity index (χ3n) is 2.94. The summed E-state index contributed by atoms with van der Waals surface area (Å²) in [5.74, 6) is 0.391. The first-order valence-electron chi connectivity index (χ1n) is 7.17. The van der Waals surface area contributed by atoms with E-state index in [0.29, 0.717) is 30.2 Å². The number of pyridine rings is 1. The van der Waals surface area contributed by atoms with Gasteiger partial charge in [0.25, 0.3) is 0 Å². The molecule has 0 saturated heterocycles. The molecular weight excluding hydrogens is 283 g/mol. The second kappa shape index (κ2) is 7.54. The molecule has 0 aliphatic rings. The Morgan fingerprint density at radius 1 is 1.36 bits per heavy atom. The van der Waals surface area contributed by atoms with E-state index in [9.17, 15) is 9.18 Å². The fourth-order valence-electron chi connectivity index (χ4n) is 1.92. The van der Waals surface area contributed by atoms with E-state index in [0.717, 1.165) is 0 Å². The minimum atomic E-state index is -0.473. The number of halogens is 1. The summed E-state index contributed by atoms with van der Waals surface area (Å²) in [4.78, 5) is 15.5. The maximum atomic E-state index is 14.0. The molecule has 0 fully saturated rings. The van der Waals surface area contributed by atoms with E-state index >= 15 is 0 Å². The molecule has 1 aromatic heterocycles. The van der Waals surface area contributed by atoms with Crippen molar-refractivity contribution in [2.75, 3.05) is 0 Å². The largest absolute Gasteiger partial charge is 0.453 e. The molecule has 2 aromatic rings. The van der Waals surface area contributed by atoms with Gasteiger partial charge < -0.3 is 10.1 Å². The molecule has 1 aromatic carbocycles. The van der Waals surface area contributed by atoms with Gasteiger partial charge in [0.2, 0.25) is 5.91 Å². The van der Waals surface area contributed by atoms with Gasteiger partial charge >= 0.3 is 0 Å². The first-order valence-corrected chi connectivity index (χ1v) is 7.17. The van der Waals surface area contributed by atoms with Crippen LogP contribution in [0.25, 0.3) is 0 Å². The van der Waals surface area contributed by atoms with E-state index in [1.807, 2.05) is 13.8 Å². The van der Waals surface area contributed by atoms with Gasteiger partial charge in [-0.3, -0.25) is 9.78 Å². The summed E-state index contributed by atoms with van der Waals surface area (Å²) in [6.45, 7) is 4.25. The highest BCUT2D eigenvalue weighted by molar-refractivity contribution is 5.76. The number of hydrogen-bond acceptors (Lipinski definition) is 3. The third kappa shape index (κ3) is 4.84. The highest BCUT2D eigenvalue weighted by Crippen LogP contribution is 2.24. The standard InChI is InChI=1S/C17H19FN2O2/c1-12(2)8-17(21)20-10-13-5-6-16(15(18)9-13)22-14-4-3-7-19-11-14/h3-7,9,11-12H,8,10H2,1-2H3,(H,20,21). The van der Waals surface area contributed by atoms with E-state index in [1.165, 1.54) is 12.3 Å². The Hall–Kier alpha value is -2.43. The zero-order chi connectivity index (χ0) is 15.9. The van der Waals surface area contributed by atoms with Crippen LogP contribution < -0.4 is 10.1 Å². The predicted molar refractivity (Wildman–Crippen MR) is 82.0 cm³/mol. The lowest BCUT2D eigenvalue weighted by molar-refractivity contribution is -0.121. The molecule has 0 aliphatic carbocycles. The third-order valence-corrected chi connectivity index (χ3v) is 2.94. The Balaban J connectivity index is 1.96. The van der Waals surface area contributed by atoms with Crippen LogP contribution in [0.3, 0.4) is 0 Å². The number of ether oxygens (including phenoxy) is 1. The summed E-state index contributed by atoms with van der Waals surface area (Å²) in [5.41, 5.74) is 0.688. The van der Waals surface area contributed by atoms with E-state index in [-0.39, 0.29) is 11.7 Å². The molecule has 4 nitrogen and oxygen atoms in total. The molecular formula is C17H19FN2O2. The maximum Gasteiger partial charge on any atom is 0.220 e. The molecule has 1 amide bonds. The molecule has 0 bridgehead atoms. The molecule has 0 unspecified atom stereocenters. The summed E-state index contributed by atoms with van der Waals surface area (Å²) < 4.78 is 19.4. The molecule has 1 heterocycles. The van der Waals surface area contributed by atoms with Crippen molar-refractivity contribution in [1.82, 2.24) is 10.3 Å². The van der Waals surface area contributed by atoms with Crippen LogP contribution in [0.1, 0.15) is 25.8 Å². The minimum absolute atomic E-state index is 0.0360. The number of hydrogen-bond donors (Lipinski definition) is 1. The number of benzene rings is 1. The van der Waals surface area contributed by atoms with Crippen molar-refractivity contribution < 1.29 is 13.9 Å². The second-order valence-electron chi connectivity index (χ2n) is 5.43. The smallest absolute Gasteiger partial charge is 0.220 e. The van der Waals surface area contributed by atoms with Crippen LogP contribution in [-0.4, -0.2) is 10.9 Å². The number of nitrogens with one attached hydrogen (secondary N) is 1. The van der Waals surface area contributed by atoms with Crippen LogP contribution in [0.15, 0.2) is 42.7 Å². The summed E-state index contributed by atoms with van der Waals surface area (Å²) in [6, 6.07) is 8.05. The maximum absolute atomic E-state index is 14.0. The number of carbonyl (C=O) groups is 1. The SMILES string of the molecule is CC(C)CC(=O)NCc1ccc(Oc2cccnc2)c(F)c1. The molecule has 0 spiro atoms. The molecule has 2 rings (SSSR count). The Morgan fingerprint density at radius 3 is 2.82 bits per heavy atom. The number of nitrogens with zero attached hydrogens (tertiary/aromatic N) is 1. The molecule has 0 radical (unpaired) electrons. The minimum Gasteiger partial charge on any atom is -0.453 e. The fraction of sp³-hybridized carbons (Fsp3) is 0.294. The second-order valence-corrected chi connectivity index (χ2v) is 5.43. The van der Waals surface area contributed by atoms with Crippen molar-refractivity contribution in [3.8, 4) is 11.5 Å². The Labute approximate surface area is 129 Å².